The van der Waals surface area contributed by atoms with E-state index in [1.807, 2.05) is 13.8 Å². The van der Waals surface area contributed by atoms with Gasteiger partial charge in [0.25, 0.3) is 5.91 Å². The molecule has 1 saturated carbocycles. The fourth-order valence-electron chi connectivity index (χ4n) is 3.73. The lowest BCUT2D eigenvalue weighted by molar-refractivity contribution is -0.118. The van der Waals surface area contributed by atoms with Crippen molar-refractivity contribution in [2.45, 2.75) is 39.5 Å². The number of aryl methyl sites for hydroxylation is 1. The molecule has 3 N–H and O–H groups in total. The fraction of sp³-hybridized carbons (Fsp3) is 0.529. The van der Waals surface area contributed by atoms with E-state index in [9.17, 15) is 9.59 Å². The van der Waals surface area contributed by atoms with Gasteiger partial charge in [0.1, 0.15) is 9.49 Å². The molecule has 0 bridgehead atoms. The minimum Gasteiger partial charge on any atom is -0.365 e. The van der Waals surface area contributed by atoms with Gasteiger partial charge < -0.3 is 11.1 Å². The Kier molecular flexibility index (Phi) is 4.71. The van der Waals surface area contributed by atoms with Gasteiger partial charge in [0.15, 0.2) is 0 Å². The highest BCUT2D eigenvalue weighted by molar-refractivity contribution is 7.17. The zero-order valence-corrected chi connectivity index (χ0v) is 15.9. The fourth-order valence-corrected chi connectivity index (χ4v) is 5.30. The van der Waals surface area contributed by atoms with Crippen molar-refractivity contribution in [2.75, 3.05) is 5.32 Å². The van der Waals surface area contributed by atoms with Crippen LogP contribution < -0.4 is 11.1 Å². The van der Waals surface area contributed by atoms with E-state index in [0.29, 0.717) is 10.6 Å². The van der Waals surface area contributed by atoms with Crippen LogP contribution >= 0.6 is 34.5 Å². The Balaban J connectivity index is 1.84. The lowest BCUT2D eigenvalue weighted by Gasteiger charge is -2.11. The Morgan fingerprint density at radius 3 is 2.58 bits per heavy atom. The predicted octanol–water partition coefficient (Wildman–Crippen LogP) is 4.26. The Morgan fingerprint density at radius 2 is 1.96 bits per heavy atom. The molecule has 0 aromatic carbocycles. The van der Waals surface area contributed by atoms with Crippen LogP contribution in [0.1, 0.15) is 47.5 Å². The van der Waals surface area contributed by atoms with Crippen molar-refractivity contribution < 1.29 is 9.59 Å². The Morgan fingerprint density at radius 1 is 1.29 bits per heavy atom. The number of rotatable bonds is 4. The second kappa shape index (κ2) is 6.36. The summed E-state index contributed by atoms with van der Waals surface area (Å²) in [6, 6.07) is 0. The van der Waals surface area contributed by atoms with Crippen molar-refractivity contribution in [3.8, 4) is 0 Å². The molecule has 0 spiro atoms. The quantitative estimate of drug-likeness (QED) is 0.811. The molecule has 0 radical (unpaired) electrons. The Bertz CT molecular complexity index is 735. The van der Waals surface area contributed by atoms with Crippen molar-refractivity contribution in [1.82, 2.24) is 0 Å². The molecule has 3 rings (SSSR count). The van der Waals surface area contributed by atoms with E-state index < -0.39 is 5.91 Å². The normalized spacial score (nSPS) is 24.0. The highest BCUT2D eigenvalue weighted by atomic mass is 35.5. The first-order valence-corrected chi connectivity index (χ1v) is 9.58. The van der Waals surface area contributed by atoms with Gasteiger partial charge in [0.2, 0.25) is 5.91 Å². The summed E-state index contributed by atoms with van der Waals surface area (Å²) in [5.74, 6) is -0.809. The zero-order chi connectivity index (χ0) is 17.6. The van der Waals surface area contributed by atoms with Gasteiger partial charge in [-0.2, -0.15) is 0 Å². The van der Waals surface area contributed by atoms with Crippen molar-refractivity contribution in [3.05, 3.63) is 26.6 Å². The lowest BCUT2D eigenvalue weighted by atomic mass is 9.95. The number of anilines is 1. The summed E-state index contributed by atoms with van der Waals surface area (Å²) in [5.41, 5.74) is 6.87. The highest BCUT2D eigenvalue weighted by Crippen LogP contribution is 2.60. The standard InChI is InChI=1S/C17H20Cl2N2O2S/c1-17(2)9(7-11(18)19)13(17)15(23)21-16-12(14(20)22)8-5-3-4-6-10(8)24-16/h7,9,13H,3-6H2,1-2H3,(H2,20,22)(H,21,23). The summed E-state index contributed by atoms with van der Waals surface area (Å²) in [6.45, 7) is 4.01. The van der Waals surface area contributed by atoms with Crippen LogP contribution in [-0.2, 0) is 17.6 Å². The van der Waals surface area contributed by atoms with Crippen molar-refractivity contribution in [3.63, 3.8) is 0 Å². The van der Waals surface area contributed by atoms with Crippen molar-refractivity contribution in [1.29, 1.82) is 0 Å². The smallest absolute Gasteiger partial charge is 0.251 e. The molecule has 0 aliphatic heterocycles. The van der Waals surface area contributed by atoms with Gasteiger partial charge in [0, 0.05) is 4.88 Å². The molecule has 1 aromatic heterocycles. The molecule has 1 heterocycles. The van der Waals surface area contributed by atoms with Crippen LogP contribution in [0.15, 0.2) is 10.6 Å². The summed E-state index contributed by atoms with van der Waals surface area (Å²) in [7, 11) is 0. The molecule has 7 heteroatoms. The topological polar surface area (TPSA) is 72.2 Å². The molecule has 2 unspecified atom stereocenters. The molecule has 130 valence electrons. The van der Waals surface area contributed by atoms with Gasteiger partial charge in [0.05, 0.1) is 11.5 Å². The number of carbonyl (C=O) groups is 2. The van der Waals surface area contributed by atoms with Crippen molar-refractivity contribution >= 4 is 51.4 Å². The number of halogens is 2. The number of hydrogen-bond donors (Lipinski definition) is 2. The minimum absolute atomic E-state index is 0.00545. The maximum atomic E-state index is 12.7. The average molecular weight is 387 g/mol. The third-order valence-electron chi connectivity index (χ3n) is 5.15. The predicted molar refractivity (Wildman–Crippen MR) is 98.7 cm³/mol. The van der Waals surface area contributed by atoms with Gasteiger partial charge in [-0.05, 0) is 48.7 Å². The monoisotopic (exact) mass is 386 g/mol. The third kappa shape index (κ3) is 3.09. The number of fused-ring (bicyclic) bond motifs is 1. The van der Waals surface area contributed by atoms with E-state index >= 15 is 0 Å². The number of nitrogens with one attached hydrogen (secondary N) is 1. The number of carbonyl (C=O) groups excluding carboxylic acids is 2. The number of primary amides is 1. The molecule has 2 aliphatic rings. The van der Waals surface area contributed by atoms with Gasteiger partial charge in [-0.15, -0.1) is 11.3 Å². The third-order valence-corrected chi connectivity index (χ3v) is 6.61. The SMILES string of the molecule is CC1(C)C(C=C(Cl)Cl)C1C(=O)Nc1sc2c(c1C(N)=O)CCCC2. The van der Waals surface area contributed by atoms with Crippen LogP contribution in [0.5, 0.6) is 0 Å². The molecule has 0 saturated heterocycles. The highest BCUT2D eigenvalue weighted by Gasteiger charge is 2.60. The zero-order valence-electron chi connectivity index (χ0n) is 13.6. The maximum absolute atomic E-state index is 12.7. The summed E-state index contributed by atoms with van der Waals surface area (Å²) in [5, 5.41) is 3.52. The molecule has 2 amide bonds. The number of thiophene rings is 1. The minimum atomic E-state index is -0.472. The molecule has 4 nitrogen and oxygen atoms in total. The largest absolute Gasteiger partial charge is 0.365 e. The van der Waals surface area contributed by atoms with Crippen molar-refractivity contribution in [2.24, 2.45) is 23.0 Å². The molecular weight excluding hydrogens is 367 g/mol. The summed E-state index contributed by atoms with van der Waals surface area (Å²) in [6.07, 6.45) is 5.66. The molecule has 2 aliphatic carbocycles. The van der Waals surface area contributed by atoms with E-state index in [-0.39, 0.29) is 27.6 Å². The van der Waals surface area contributed by atoms with Crippen LogP contribution in [0.4, 0.5) is 5.00 Å². The maximum Gasteiger partial charge on any atom is 0.251 e. The van der Waals surface area contributed by atoms with E-state index in [1.165, 1.54) is 16.2 Å². The average Bonchev–Trinajstić information content (AvgIpc) is 2.85. The van der Waals surface area contributed by atoms with Gasteiger partial charge in [-0.3, -0.25) is 9.59 Å². The molecule has 1 aromatic rings. The number of hydrogen-bond acceptors (Lipinski definition) is 3. The first-order chi connectivity index (χ1) is 11.2. The second-order valence-corrected chi connectivity index (χ2v) is 9.16. The Labute approximate surface area is 155 Å². The second-order valence-electron chi connectivity index (χ2n) is 7.05. The van der Waals surface area contributed by atoms with Crippen LogP contribution in [0.2, 0.25) is 0 Å². The van der Waals surface area contributed by atoms with Gasteiger partial charge in [-0.25, -0.2) is 0 Å². The van der Waals surface area contributed by atoms with Crippen LogP contribution in [0.3, 0.4) is 0 Å². The summed E-state index contributed by atoms with van der Waals surface area (Å²) >= 11 is 13.0. The van der Waals surface area contributed by atoms with E-state index in [2.05, 4.69) is 5.32 Å². The molecular formula is C17H20Cl2N2O2S. The van der Waals surface area contributed by atoms with E-state index in [1.54, 1.807) is 6.08 Å². The van der Waals surface area contributed by atoms with Crippen LogP contribution in [0, 0.1) is 17.3 Å². The number of amides is 2. The number of allylic oxidation sites excluding steroid dienone is 1. The molecule has 1 fully saturated rings. The first-order valence-electron chi connectivity index (χ1n) is 8.01. The van der Waals surface area contributed by atoms with Gasteiger partial charge in [-0.1, -0.05) is 37.0 Å². The van der Waals surface area contributed by atoms with Crippen LogP contribution in [0.25, 0.3) is 0 Å². The number of nitrogens with two attached hydrogens (primary N) is 1. The lowest BCUT2D eigenvalue weighted by Crippen LogP contribution is -2.20. The summed E-state index contributed by atoms with van der Waals surface area (Å²) < 4.78 is 0.174. The molecule has 2 atom stereocenters. The van der Waals surface area contributed by atoms with E-state index in [0.717, 1.165) is 31.2 Å². The first kappa shape index (κ1) is 17.8. The molecule has 24 heavy (non-hydrogen) atoms. The van der Waals surface area contributed by atoms with E-state index in [4.69, 9.17) is 28.9 Å². The summed E-state index contributed by atoms with van der Waals surface area (Å²) in [4.78, 5) is 25.8. The van der Waals surface area contributed by atoms with Crippen LogP contribution in [-0.4, -0.2) is 11.8 Å². The van der Waals surface area contributed by atoms with Gasteiger partial charge >= 0.3 is 0 Å². The Hall–Kier alpha value is -1.04.